The number of nitrogen functional groups attached to an aromatic ring is 1. The molecule has 0 radical (unpaired) electrons. The van der Waals surface area contributed by atoms with E-state index >= 15 is 0 Å². The van der Waals surface area contributed by atoms with Crippen molar-refractivity contribution < 1.29 is 5.11 Å². The Bertz CT molecular complexity index is 368. The highest BCUT2D eigenvalue weighted by Crippen LogP contribution is 2.19. The average Bonchev–Trinajstić information content (AvgIpc) is 2.16. The molecule has 14 heavy (non-hydrogen) atoms. The molecule has 1 aromatic carbocycles. The average molecular weight is 191 g/mol. The van der Waals surface area contributed by atoms with Gasteiger partial charge in [0, 0.05) is 5.69 Å². The van der Waals surface area contributed by atoms with Crippen LogP contribution < -0.4 is 11.5 Å². The Balaban J connectivity index is 3.04. The summed E-state index contributed by atoms with van der Waals surface area (Å²) < 4.78 is 0. The lowest BCUT2D eigenvalue weighted by molar-refractivity contribution is 0.164. The van der Waals surface area contributed by atoms with Crippen LogP contribution in [0.25, 0.3) is 0 Å². The molecule has 74 valence electrons. The highest BCUT2D eigenvalue weighted by Gasteiger charge is 2.12. The second-order valence-corrected chi connectivity index (χ2v) is 3.22. The maximum Gasteiger partial charge on any atom is 0.101 e. The van der Waals surface area contributed by atoms with Crippen LogP contribution in [0.2, 0.25) is 0 Å². The lowest BCUT2D eigenvalue weighted by atomic mass is 10.0. The van der Waals surface area contributed by atoms with E-state index in [1.165, 1.54) is 0 Å². The van der Waals surface area contributed by atoms with Crippen LogP contribution in [0.4, 0.5) is 5.69 Å². The molecule has 0 spiro atoms. The molecule has 0 aromatic heterocycles. The topological polar surface area (TPSA) is 96.1 Å². The number of anilines is 1. The minimum absolute atomic E-state index is 0.390. The van der Waals surface area contributed by atoms with Crippen LogP contribution in [0.1, 0.15) is 24.1 Å². The molecule has 0 aliphatic rings. The molecular weight excluding hydrogens is 178 g/mol. The van der Waals surface area contributed by atoms with E-state index in [4.69, 9.17) is 16.7 Å². The molecule has 4 nitrogen and oxygen atoms in total. The van der Waals surface area contributed by atoms with E-state index in [0.29, 0.717) is 11.3 Å². The van der Waals surface area contributed by atoms with Crippen molar-refractivity contribution in [1.82, 2.24) is 0 Å². The summed E-state index contributed by atoms with van der Waals surface area (Å²) in [7, 11) is 0. The standard InChI is InChI=1S/C10H13N3O/c1-6(14)10(13)7-2-3-8(5-11)9(12)4-7/h2-4,6,10,14H,12-13H2,1H3/t6-,10+/m1/s1. The van der Waals surface area contributed by atoms with Gasteiger partial charge >= 0.3 is 0 Å². The molecule has 2 atom stereocenters. The van der Waals surface area contributed by atoms with Crippen molar-refractivity contribution in [1.29, 1.82) is 5.26 Å². The molecule has 4 heteroatoms. The van der Waals surface area contributed by atoms with E-state index < -0.39 is 12.1 Å². The van der Waals surface area contributed by atoms with Gasteiger partial charge in [-0.15, -0.1) is 0 Å². The van der Waals surface area contributed by atoms with Gasteiger partial charge in [0.25, 0.3) is 0 Å². The lowest BCUT2D eigenvalue weighted by Crippen LogP contribution is -2.23. The highest BCUT2D eigenvalue weighted by molar-refractivity contribution is 5.55. The first-order valence-corrected chi connectivity index (χ1v) is 4.29. The van der Waals surface area contributed by atoms with Crippen LogP contribution in [-0.2, 0) is 0 Å². The van der Waals surface area contributed by atoms with Crippen molar-refractivity contribution in [2.24, 2.45) is 5.73 Å². The van der Waals surface area contributed by atoms with Crippen LogP contribution in [0.5, 0.6) is 0 Å². The number of aliphatic hydroxyl groups is 1. The predicted octanol–water partition coefficient (Wildman–Crippen LogP) is 0.521. The molecule has 0 saturated heterocycles. The smallest absolute Gasteiger partial charge is 0.101 e. The summed E-state index contributed by atoms with van der Waals surface area (Å²) in [5.41, 5.74) is 12.9. The fourth-order valence-corrected chi connectivity index (χ4v) is 1.17. The normalized spacial score (nSPS) is 14.4. The number of nitrogens with zero attached hydrogens (tertiary/aromatic N) is 1. The molecule has 0 bridgehead atoms. The Kier molecular flexibility index (Phi) is 3.07. The Hall–Kier alpha value is -1.57. The summed E-state index contributed by atoms with van der Waals surface area (Å²) in [6.07, 6.45) is -0.637. The Morgan fingerprint density at radius 3 is 2.57 bits per heavy atom. The lowest BCUT2D eigenvalue weighted by Gasteiger charge is -2.15. The van der Waals surface area contributed by atoms with Gasteiger partial charge < -0.3 is 16.6 Å². The van der Waals surface area contributed by atoms with E-state index in [0.717, 1.165) is 5.56 Å². The van der Waals surface area contributed by atoms with Gasteiger partial charge in [-0.1, -0.05) is 6.07 Å². The van der Waals surface area contributed by atoms with Gasteiger partial charge in [-0.25, -0.2) is 0 Å². The van der Waals surface area contributed by atoms with Gasteiger partial charge in [-0.3, -0.25) is 0 Å². The monoisotopic (exact) mass is 191 g/mol. The molecule has 0 heterocycles. The van der Waals surface area contributed by atoms with E-state index in [9.17, 15) is 5.11 Å². The van der Waals surface area contributed by atoms with Crippen LogP contribution in [-0.4, -0.2) is 11.2 Å². The zero-order valence-electron chi connectivity index (χ0n) is 7.94. The van der Waals surface area contributed by atoms with E-state index in [1.54, 1.807) is 25.1 Å². The molecule has 0 aliphatic heterocycles. The fourth-order valence-electron chi connectivity index (χ4n) is 1.17. The van der Waals surface area contributed by atoms with Gasteiger partial charge in [-0.05, 0) is 24.6 Å². The first-order chi connectivity index (χ1) is 6.56. The predicted molar refractivity (Wildman–Crippen MR) is 54.2 cm³/mol. The maximum atomic E-state index is 9.26. The number of nitriles is 1. The second kappa shape index (κ2) is 4.09. The van der Waals surface area contributed by atoms with Gasteiger partial charge in [0.2, 0.25) is 0 Å². The molecule has 0 unspecified atom stereocenters. The molecule has 0 fully saturated rings. The van der Waals surface area contributed by atoms with Crippen molar-refractivity contribution in [2.75, 3.05) is 5.73 Å². The number of hydrogen-bond donors (Lipinski definition) is 3. The highest BCUT2D eigenvalue weighted by atomic mass is 16.3. The number of benzene rings is 1. The first-order valence-electron chi connectivity index (χ1n) is 4.29. The van der Waals surface area contributed by atoms with Gasteiger partial charge in [0.15, 0.2) is 0 Å². The summed E-state index contributed by atoms with van der Waals surface area (Å²) in [6.45, 7) is 1.61. The first kappa shape index (κ1) is 10.5. The molecule has 1 aromatic rings. The summed E-state index contributed by atoms with van der Waals surface area (Å²) in [4.78, 5) is 0. The third-order valence-electron chi connectivity index (χ3n) is 2.10. The number of rotatable bonds is 2. The summed E-state index contributed by atoms with van der Waals surface area (Å²) in [5, 5.41) is 17.9. The van der Waals surface area contributed by atoms with Crippen molar-refractivity contribution in [2.45, 2.75) is 19.1 Å². The minimum Gasteiger partial charge on any atom is -0.398 e. The summed E-state index contributed by atoms with van der Waals surface area (Å²) in [5.74, 6) is 0. The van der Waals surface area contributed by atoms with Crippen molar-refractivity contribution in [3.05, 3.63) is 29.3 Å². The SMILES string of the molecule is C[C@@H](O)[C@H](N)c1ccc(C#N)c(N)c1. The number of hydrogen-bond acceptors (Lipinski definition) is 4. The summed E-state index contributed by atoms with van der Waals surface area (Å²) in [6, 6.07) is 6.42. The maximum absolute atomic E-state index is 9.26. The van der Waals surface area contributed by atoms with Gasteiger partial charge in [-0.2, -0.15) is 5.26 Å². The van der Waals surface area contributed by atoms with Gasteiger partial charge in [0.05, 0.1) is 17.7 Å². The van der Waals surface area contributed by atoms with E-state index in [-0.39, 0.29) is 0 Å². The number of aliphatic hydroxyl groups excluding tert-OH is 1. The number of nitrogens with two attached hydrogens (primary N) is 2. The van der Waals surface area contributed by atoms with Crippen molar-refractivity contribution in [3.8, 4) is 6.07 Å². The third-order valence-corrected chi connectivity index (χ3v) is 2.10. The molecule has 1 rings (SSSR count). The summed E-state index contributed by atoms with van der Waals surface area (Å²) >= 11 is 0. The van der Waals surface area contributed by atoms with Gasteiger partial charge in [0.1, 0.15) is 6.07 Å². The van der Waals surface area contributed by atoms with Crippen molar-refractivity contribution >= 4 is 5.69 Å². The van der Waals surface area contributed by atoms with Crippen LogP contribution in [0, 0.1) is 11.3 Å². The zero-order chi connectivity index (χ0) is 10.7. The molecule has 0 saturated carbocycles. The zero-order valence-corrected chi connectivity index (χ0v) is 7.94. The quantitative estimate of drug-likeness (QED) is 0.594. The second-order valence-electron chi connectivity index (χ2n) is 3.22. The Labute approximate surface area is 82.8 Å². The van der Waals surface area contributed by atoms with Crippen LogP contribution in [0.15, 0.2) is 18.2 Å². The molecule has 0 aliphatic carbocycles. The van der Waals surface area contributed by atoms with E-state index in [2.05, 4.69) is 0 Å². The Morgan fingerprint density at radius 2 is 2.14 bits per heavy atom. The molecule has 5 N–H and O–H groups in total. The largest absolute Gasteiger partial charge is 0.398 e. The molecular formula is C10H13N3O. The minimum atomic E-state index is -0.637. The van der Waals surface area contributed by atoms with Crippen molar-refractivity contribution in [3.63, 3.8) is 0 Å². The van der Waals surface area contributed by atoms with E-state index in [1.807, 2.05) is 6.07 Å². The third kappa shape index (κ3) is 2.02. The van der Waals surface area contributed by atoms with Crippen LogP contribution in [0.3, 0.4) is 0 Å². The van der Waals surface area contributed by atoms with Crippen LogP contribution >= 0.6 is 0 Å². The fraction of sp³-hybridized carbons (Fsp3) is 0.300. The Morgan fingerprint density at radius 1 is 1.50 bits per heavy atom. The molecule has 0 amide bonds.